The van der Waals surface area contributed by atoms with E-state index in [9.17, 15) is 8.78 Å². The van der Waals surface area contributed by atoms with Crippen LogP contribution in [0.1, 0.15) is 35.7 Å². The van der Waals surface area contributed by atoms with E-state index in [2.05, 4.69) is 10.1 Å². The fourth-order valence-electron chi connectivity index (χ4n) is 4.51. The highest BCUT2D eigenvalue weighted by molar-refractivity contribution is 5.77. The first-order valence-electron chi connectivity index (χ1n) is 11.0. The zero-order valence-corrected chi connectivity index (χ0v) is 18.6. The summed E-state index contributed by atoms with van der Waals surface area (Å²) in [6.45, 7) is 1.49. The molecule has 0 bridgehead atoms. The number of allylic oxidation sites excluding steroid dienone is 2. The monoisotopic (exact) mass is 453 g/mol. The molecule has 1 aliphatic carbocycles. The summed E-state index contributed by atoms with van der Waals surface area (Å²) < 4.78 is 47.4. The van der Waals surface area contributed by atoms with E-state index in [1.165, 1.54) is 20.3 Å². The molecule has 33 heavy (non-hydrogen) atoms. The molecule has 0 amide bonds. The number of fused-ring (bicyclic) bond motifs is 1. The van der Waals surface area contributed by atoms with Gasteiger partial charge in [0.2, 0.25) is 0 Å². The molecule has 3 aromatic rings. The SMILES string of the molecule is COc1cc(OC)c(F)c(CC2=CCc3ncc(-c4cnn(C5CCOCC5)c4)cc32)c1F. The van der Waals surface area contributed by atoms with Gasteiger partial charge >= 0.3 is 0 Å². The zero-order valence-electron chi connectivity index (χ0n) is 18.6. The van der Waals surface area contributed by atoms with Crippen molar-refractivity contribution in [3.8, 4) is 22.6 Å². The van der Waals surface area contributed by atoms with Crippen LogP contribution >= 0.6 is 0 Å². The van der Waals surface area contributed by atoms with Crippen LogP contribution in [0.15, 0.2) is 36.8 Å². The van der Waals surface area contributed by atoms with Crippen molar-refractivity contribution in [1.82, 2.24) is 14.8 Å². The maximum absolute atomic E-state index is 14.9. The van der Waals surface area contributed by atoms with Crippen molar-refractivity contribution in [3.05, 3.63) is 65.3 Å². The van der Waals surface area contributed by atoms with Crippen molar-refractivity contribution in [2.24, 2.45) is 0 Å². The first kappa shape index (κ1) is 21.6. The summed E-state index contributed by atoms with van der Waals surface area (Å²) in [5.74, 6) is -1.53. The van der Waals surface area contributed by atoms with Crippen molar-refractivity contribution in [2.75, 3.05) is 27.4 Å². The summed E-state index contributed by atoms with van der Waals surface area (Å²) in [4.78, 5) is 4.62. The Balaban J connectivity index is 1.44. The van der Waals surface area contributed by atoms with Gasteiger partial charge in [-0.25, -0.2) is 8.78 Å². The maximum Gasteiger partial charge on any atom is 0.171 e. The first-order chi connectivity index (χ1) is 16.1. The number of halogens is 2. The van der Waals surface area contributed by atoms with Crippen LogP contribution < -0.4 is 9.47 Å². The van der Waals surface area contributed by atoms with Gasteiger partial charge in [-0.2, -0.15) is 5.10 Å². The molecule has 2 aliphatic rings. The lowest BCUT2D eigenvalue weighted by molar-refractivity contribution is 0.0662. The Kier molecular flexibility index (Phi) is 5.85. The van der Waals surface area contributed by atoms with Gasteiger partial charge < -0.3 is 14.2 Å². The largest absolute Gasteiger partial charge is 0.494 e. The molecule has 0 radical (unpaired) electrons. The Morgan fingerprint density at radius 2 is 1.76 bits per heavy atom. The summed E-state index contributed by atoms with van der Waals surface area (Å²) >= 11 is 0. The number of aromatic nitrogens is 3. The van der Waals surface area contributed by atoms with Crippen molar-refractivity contribution in [2.45, 2.75) is 31.7 Å². The molecule has 1 aliphatic heterocycles. The van der Waals surface area contributed by atoms with E-state index in [0.29, 0.717) is 12.5 Å². The van der Waals surface area contributed by atoms with Crippen LogP contribution in [0.25, 0.3) is 16.7 Å². The van der Waals surface area contributed by atoms with Gasteiger partial charge in [0, 0.05) is 66.8 Å². The minimum Gasteiger partial charge on any atom is -0.494 e. The number of hydrogen-bond acceptors (Lipinski definition) is 5. The van der Waals surface area contributed by atoms with Crippen LogP contribution in [0.2, 0.25) is 0 Å². The predicted octanol–water partition coefficient (Wildman–Crippen LogP) is 4.77. The van der Waals surface area contributed by atoms with E-state index < -0.39 is 11.6 Å². The first-order valence-corrected chi connectivity index (χ1v) is 11.0. The zero-order chi connectivity index (χ0) is 22.9. The topological polar surface area (TPSA) is 58.4 Å². The number of hydrogen-bond donors (Lipinski definition) is 0. The van der Waals surface area contributed by atoms with E-state index >= 15 is 0 Å². The highest BCUT2D eigenvalue weighted by Crippen LogP contribution is 2.37. The van der Waals surface area contributed by atoms with Crippen LogP contribution in [0.5, 0.6) is 11.5 Å². The standard InChI is InChI=1S/C25H25F2N3O3/c1-31-22-11-23(32-2)25(27)20(24(22)26)9-15-3-4-21-19(15)10-16(12-28-21)17-13-29-30(14-17)18-5-7-33-8-6-18/h3,10-14,18H,4-9H2,1-2H3. The van der Waals surface area contributed by atoms with Gasteiger partial charge in [0.15, 0.2) is 23.1 Å². The third kappa shape index (κ3) is 3.99. The number of ether oxygens (including phenoxy) is 3. The highest BCUT2D eigenvalue weighted by atomic mass is 19.1. The smallest absolute Gasteiger partial charge is 0.171 e. The Labute approximate surface area is 190 Å². The van der Waals surface area contributed by atoms with Crippen molar-refractivity contribution in [1.29, 1.82) is 0 Å². The fraction of sp³-hybridized carbons (Fsp3) is 0.360. The van der Waals surface area contributed by atoms with E-state index in [0.717, 1.165) is 54.0 Å². The van der Waals surface area contributed by atoms with Crippen molar-refractivity contribution < 1.29 is 23.0 Å². The lowest BCUT2D eigenvalue weighted by Gasteiger charge is -2.22. The van der Waals surface area contributed by atoms with E-state index in [1.54, 1.807) is 0 Å². The molecule has 5 rings (SSSR count). The Bertz CT molecular complexity index is 1190. The molecule has 6 nitrogen and oxygen atoms in total. The molecule has 1 aromatic carbocycles. The molecule has 0 spiro atoms. The number of benzene rings is 1. The quantitative estimate of drug-likeness (QED) is 0.538. The summed E-state index contributed by atoms with van der Waals surface area (Å²) in [5.41, 5.74) is 4.41. The van der Waals surface area contributed by atoms with Gasteiger partial charge in [0.1, 0.15) is 0 Å². The second-order valence-electron chi connectivity index (χ2n) is 8.27. The molecule has 0 saturated carbocycles. The molecule has 1 saturated heterocycles. The summed E-state index contributed by atoms with van der Waals surface area (Å²) in [6.07, 6.45) is 10.2. The summed E-state index contributed by atoms with van der Waals surface area (Å²) in [5, 5.41) is 4.55. The molecular formula is C25H25F2N3O3. The summed E-state index contributed by atoms with van der Waals surface area (Å²) in [6, 6.07) is 3.58. The lowest BCUT2D eigenvalue weighted by atomic mass is 9.97. The average molecular weight is 453 g/mol. The van der Waals surface area contributed by atoms with Crippen LogP contribution in [-0.2, 0) is 17.6 Å². The molecule has 0 atom stereocenters. The van der Waals surface area contributed by atoms with Crippen LogP contribution in [0, 0.1) is 11.6 Å². The number of pyridine rings is 1. The van der Waals surface area contributed by atoms with E-state index in [1.807, 2.05) is 35.4 Å². The molecule has 8 heteroatoms. The number of rotatable bonds is 6. The van der Waals surface area contributed by atoms with Gasteiger partial charge in [-0.3, -0.25) is 9.67 Å². The summed E-state index contributed by atoms with van der Waals surface area (Å²) in [7, 11) is 2.70. The van der Waals surface area contributed by atoms with Crippen molar-refractivity contribution >= 4 is 5.57 Å². The van der Waals surface area contributed by atoms with Crippen LogP contribution in [0.3, 0.4) is 0 Å². The average Bonchev–Trinajstić information content (AvgIpc) is 3.50. The molecule has 172 valence electrons. The normalized spacial score (nSPS) is 15.9. The molecule has 1 fully saturated rings. The molecule has 3 heterocycles. The van der Waals surface area contributed by atoms with Gasteiger partial charge in [-0.1, -0.05) is 6.08 Å². The minimum atomic E-state index is -0.716. The second-order valence-corrected chi connectivity index (χ2v) is 8.27. The van der Waals surface area contributed by atoms with Crippen LogP contribution in [0.4, 0.5) is 8.78 Å². The maximum atomic E-state index is 14.9. The predicted molar refractivity (Wildman–Crippen MR) is 119 cm³/mol. The Morgan fingerprint density at radius 3 is 2.45 bits per heavy atom. The third-order valence-corrected chi connectivity index (χ3v) is 6.39. The van der Waals surface area contributed by atoms with Gasteiger partial charge in [-0.05, 0) is 24.5 Å². The highest BCUT2D eigenvalue weighted by Gasteiger charge is 2.25. The van der Waals surface area contributed by atoms with Gasteiger partial charge in [0.25, 0.3) is 0 Å². The Hall–Kier alpha value is -3.26. The minimum absolute atomic E-state index is 0.0468. The van der Waals surface area contributed by atoms with E-state index in [4.69, 9.17) is 14.2 Å². The number of methoxy groups -OCH3 is 2. The third-order valence-electron chi connectivity index (χ3n) is 6.39. The molecule has 0 N–H and O–H groups in total. The molecule has 0 unspecified atom stereocenters. The molecular weight excluding hydrogens is 428 g/mol. The van der Waals surface area contributed by atoms with E-state index in [-0.39, 0.29) is 23.5 Å². The second kappa shape index (κ2) is 8.94. The fourth-order valence-corrected chi connectivity index (χ4v) is 4.51. The van der Waals surface area contributed by atoms with Crippen molar-refractivity contribution in [3.63, 3.8) is 0 Å². The van der Waals surface area contributed by atoms with Gasteiger partial charge in [-0.15, -0.1) is 0 Å². The number of nitrogens with zero attached hydrogens (tertiary/aromatic N) is 3. The lowest BCUT2D eigenvalue weighted by Crippen LogP contribution is -2.19. The Morgan fingerprint density at radius 1 is 1.03 bits per heavy atom. The molecule has 2 aromatic heterocycles. The van der Waals surface area contributed by atoms with Crippen LogP contribution in [-0.4, -0.2) is 42.2 Å². The van der Waals surface area contributed by atoms with Gasteiger partial charge in [0.05, 0.1) is 32.2 Å².